The number of alkyl halides is 3. The fourth-order valence-corrected chi connectivity index (χ4v) is 5.72. The van der Waals surface area contributed by atoms with Gasteiger partial charge in [0.05, 0.1) is 31.3 Å². The van der Waals surface area contributed by atoms with Gasteiger partial charge in [0, 0.05) is 46.8 Å². The van der Waals surface area contributed by atoms with E-state index in [1.54, 1.807) is 0 Å². The molecule has 0 bridgehead atoms. The van der Waals surface area contributed by atoms with Crippen LogP contribution in [0.5, 0.6) is 17.2 Å². The van der Waals surface area contributed by atoms with E-state index >= 15 is 0 Å². The normalized spacial score (nSPS) is 13.6. The maximum Gasteiger partial charge on any atom is 0.420 e. The maximum atomic E-state index is 14.3. The minimum Gasteiger partial charge on any atom is -0.550 e. The Morgan fingerprint density at radius 3 is 2.42 bits per heavy atom. The van der Waals surface area contributed by atoms with Crippen molar-refractivity contribution in [1.29, 1.82) is 0 Å². The number of anilines is 2. The Hall–Kier alpha value is -4.17. The third-order valence-electron chi connectivity index (χ3n) is 7.04. The lowest BCUT2D eigenvalue weighted by Gasteiger charge is -2.28. The number of carbonyl (C=O) groups excluding carboxylic acids is 2. The van der Waals surface area contributed by atoms with Crippen LogP contribution in [0.25, 0.3) is 0 Å². The number of carboxylic acids is 1. The molecule has 10 nitrogen and oxygen atoms in total. The summed E-state index contributed by atoms with van der Waals surface area (Å²) in [6, 6.07) is 9.19. The molecule has 0 radical (unpaired) electrons. The predicted molar refractivity (Wildman–Crippen MR) is 158 cm³/mol. The van der Waals surface area contributed by atoms with Crippen LogP contribution < -0.4 is 29.5 Å². The predicted octanol–water partition coefficient (Wildman–Crippen LogP) is 4.43. The van der Waals surface area contributed by atoms with Gasteiger partial charge in [0.1, 0.15) is 23.3 Å². The lowest BCUT2D eigenvalue weighted by Crippen LogP contribution is -2.37. The first-order valence-electron chi connectivity index (χ1n) is 13.5. The van der Waals surface area contributed by atoms with E-state index in [1.807, 2.05) is 0 Å². The van der Waals surface area contributed by atoms with Gasteiger partial charge in [-0.15, -0.1) is 0 Å². The number of nitrogens with one attached hydrogen (secondary N) is 1. The summed E-state index contributed by atoms with van der Waals surface area (Å²) in [7, 11) is -1.26. The van der Waals surface area contributed by atoms with Gasteiger partial charge in [-0.25, -0.2) is 8.42 Å². The van der Waals surface area contributed by atoms with Gasteiger partial charge >= 0.3 is 6.18 Å². The van der Waals surface area contributed by atoms with Gasteiger partial charge in [0.2, 0.25) is 0 Å². The third kappa shape index (κ3) is 7.92. The van der Waals surface area contributed by atoms with Crippen molar-refractivity contribution in [2.24, 2.45) is 0 Å². The van der Waals surface area contributed by atoms with Gasteiger partial charge in [0.25, 0.3) is 5.91 Å². The minimum absolute atomic E-state index is 0.0350. The molecule has 0 aliphatic carbocycles. The number of methoxy groups -OCH3 is 2. The summed E-state index contributed by atoms with van der Waals surface area (Å²) in [6.45, 7) is -0.0419. The second-order valence-corrected chi connectivity index (χ2v) is 12.6. The van der Waals surface area contributed by atoms with Crippen molar-refractivity contribution < 1.29 is 50.5 Å². The summed E-state index contributed by atoms with van der Waals surface area (Å²) >= 11 is 6.22. The third-order valence-corrected chi connectivity index (χ3v) is 8.37. The van der Waals surface area contributed by atoms with Crippen LogP contribution in [0.15, 0.2) is 53.4 Å². The van der Waals surface area contributed by atoms with Crippen LogP contribution in [0.2, 0.25) is 5.02 Å². The lowest BCUT2D eigenvalue weighted by atomic mass is 10.0. The van der Waals surface area contributed by atoms with Crippen LogP contribution in [0, 0.1) is 0 Å². The highest BCUT2D eigenvalue weighted by atomic mass is 35.5. The first-order chi connectivity index (χ1) is 21.1. The summed E-state index contributed by atoms with van der Waals surface area (Å²) < 4.78 is 82.6. The molecule has 1 atom stereocenters. The number of ether oxygens (including phenoxy) is 3. The van der Waals surface area contributed by atoms with Crippen molar-refractivity contribution in [1.82, 2.24) is 0 Å². The molecule has 1 aliphatic rings. The molecule has 1 amide bonds. The van der Waals surface area contributed by atoms with Crippen LogP contribution in [0.3, 0.4) is 0 Å². The largest absolute Gasteiger partial charge is 0.550 e. The lowest BCUT2D eigenvalue weighted by molar-refractivity contribution is -0.305. The number of rotatable bonds is 12. The van der Waals surface area contributed by atoms with Gasteiger partial charge in [0.15, 0.2) is 9.84 Å². The topological polar surface area (TPSA) is 134 Å². The zero-order valence-corrected chi connectivity index (χ0v) is 25.9. The number of sulfone groups is 1. The number of carbonyl (C=O) groups is 2. The van der Waals surface area contributed by atoms with Crippen LogP contribution in [0.1, 0.15) is 35.6 Å². The van der Waals surface area contributed by atoms with Crippen molar-refractivity contribution in [3.05, 3.63) is 70.2 Å². The van der Waals surface area contributed by atoms with Gasteiger partial charge in [-0.3, -0.25) is 4.79 Å². The molecule has 15 heteroatoms. The summed E-state index contributed by atoms with van der Waals surface area (Å²) in [5, 5.41) is 14.1. The van der Waals surface area contributed by atoms with Crippen molar-refractivity contribution in [2.75, 3.05) is 43.8 Å². The molecular formula is C30H29ClF3N2O8S-. The molecule has 1 unspecified atom stereocenters. The molecule has 4 rings (SSSR count). The zero-order valence-electron chi connectivity index (χ0n) is 24.4. The highest BCUT2D eigenvalue weighted by Gasteiger charge is 2.39. The Morgan fingerprint density at radius 1 is 1.07 bits per heavy atom. The second-order valence-electron chi connectivity index (χ2n) is 10.2. The Bertz CT molecular complexity index is 1720. The second kappa shape index (κ2) is 13.4. The van der Waals surface area contributed by atoms with E-state index in [0.29, 0.717) is 5.56 Å². The smallest absolute Gasteiger partial charge is 0.420 e. The molecule has 0 saturated heterocycles. The number of halogens is 4. The Labute approximate surface area is 262 Å². The van der Waals surface area contributed by atoms with Gasteiger partial charge in [-0.05, 0) is 61.2 Å². The Kier molecular flexibility index (Phi) is 10.1. The van der Waals surface area contributed by atoms with Gasteiger partial charge in [-0.1, -0.05) is 17.7 Å². The molecule has 242 valence electrons. The molecule has 1 heterocycles. The van der Waals surface area contributed by atoms with Crippen molar-refractivity contribution >= 4 is 44.7 Å². The van der Waals surface area contributed by atoms with E-state index < -0.39 is 39.5 Å². The number of fused-ring (bicyclic) bond motifs is 1. The summed E-state index contributed by atoms with van der Waals surface area (Å²) in [5.74, 6) is -2.07. The number of hydrogen-bond acceptors (Lipinski definition) is 9. The summed E-state index contributed by atoms with van der Waals surface area (Å²) in [6.07, 6.45) is -3.73. The fourth-order valence-electron chi connectivity index (χ4n) is 4.89. The van der Waals surface area contributed by atoms with E-state index in [0.717, 1.165) is 19.4 Å². The highest BCUT2D eigenvalue weighted by molar-refractivity contribution is 7.90. The van der Waals surface area contributed by atoms with Crippen LogP contribution >= 0.6 is 11.6 Å². The SMILES string of the molecule is COc1cc(NC(C(=O)N2CCc3cc(OC)c(C(F)(F)F)cc32)c2ccc(Cl)cc2OCCCC(=O)[O-])cc(S(C)(=O)=O)c1. The minimum atomic E-state index is -4.76. The number of hydrogen-bond donors (Lipinski definition) is 1. The number of carboxylic acid groups (broad SMARTS) is 1. The van der Waals surface area contributed by atoms with Crippen LogP contribution in [-0.4, -0.2) is 53.9 Å². The van der Waals surface area contributed by atoms with Gasteiger partial charge < -0.3 is 34.3 Å². The molecule has 0 saturated carbocycles. The van der Waals surface area contributed by atoms with Crippen LogP contribution in [-0.2, 0) is 32.0 Å². The average Bonchev–Trinajstić information content (AvgIpc) is 3.39. The zero-order chi connectivity index (χ0) is 33.1. The van der Waals surface area contributed by atoms with E-state index in [-0.39, 0.29) is 76.5 Å². The van der Waals surface area contributed by atoms with E-state index in [4.69, 9.17) is 25.8 Å². The van der Waals surface area contributed by atoms with E-state index in [2.05, 4.69) is 5.32 Å². The van der Waals surface area contributed by atoms with E-state index in [1.165, 1.54) is 54.5 Å². The summed E-state index contributed by atoms with van der Waals surface area (Å²) in [4.78, 5) is 26.3. The number of aliphatic carboxylic acids is 1. The summed E-state index contributed by atoms with van der Waals surface area (Å²) in [5.41, 5.74) is -0.201. The molecular weight excluding hydrogens is 641 g/mol. The molecule has 45 heavy (non-hydrogen) atoms. The molecule has 3 aromatic rings. The van der Waals surface area contributed by atoms with Crippen molar-refractivity contribution in [3.8, 4) is 17.2 Å². The van der Waals surface area contributed by atoms with Gasteiger partial charge in [-0.2, -0.15) is 13.2 Å². The number of benzene rings is 3. The Balaban J connectivity index is 1.83. The molecule has 0 spiro atoms. The van der Waals surface area contributed by atoms with E-state index in [9.17, 15) is 36.3 Å². The molecule has 1 aliphatic heterocycles. The van der Waals surface area contributed by atoms with Crippen molar-refractivity contribution in [3.63, 3.8) is 0 Å². The average molecular weight is 670 g/mol. The standard InChI is InChI=1S/C30H30ClF3N2O8S/c1-42-20-13-19(14-21(15-20)45(3,40)41)35-28(22-7-6-18(31)12-25(22)44-10-4-5-27(37)38)29(39)36-9-8-17-11-26(43-2)23(16-24(17)36)30(32,33)34/h6-7,11-16,28,35H,4-5,8-10H2,1-3H3,(H,37,38)/p-1. The number of nitrogens with zero attached hydrogens (tertiary/aromatic N) is 1. The highest BCUT2D eigenvalue weighted by Crippen LogP contribution is 2.43. The first-order valence-corrected chi connectivity index (χ1v) is 15.8. The quantitative estimate of drug-likeness (QED) is 0.278. The molecule has 1 N–H and O–H groups in total. The Morgan fingerprint density at radius 2 is 1.80 bits per heavy atom. The molecule has 0 aromatic heterocycles. The maximum absolute atomic E-state index is 14.3. The van der Waals surface area contributed by atoms with Crippen molar-refractivity contribution in [2.45, 2.75) is 36.4 Å². The van der Waals surface area contributed by atoms with Crippen LogP contribution in [0.4, 0.5) is 24.5 Å². The number of amides is 1. The monoisotopic (exact) mass is 669 g/mol. The fraction of sp³-hybridized carbons (Fsp3) is 0.333. The first kappa shape index (κ1) is 33.7. The molecule has 3 aromatic carbocycles. The molecule has 0 fully saturated rings.